The number of rotatable bonds is 2. The zero-order valence-electron chi connectivity index (χ0n) is 3.46. The van der Waals surface area contributed by atoms with Gasteiger partial charge in [-0.3, -0.25) is 5.21 Å². The first-order chi connectivity index (χ1) is 2.81. The van der Waals surface area contributed by atoms with Crippen molar-refractivity contribution in [2.45, 2.75) is 6.92 Å². The first-order valence-electron chi connectivity index (χ1n) is 1.61. The maximum Gasteiger partial charge on any atom is 0.0787 e. The lowest BCUT2D eigenvalue weighted by molar-refractivity contribution is -0.0868. The zero-order valence-corrected chi connectivity index (χ0v) is 3.46. The Balaban J connectivity index is 2.96. The van der Waals surface area contributed by atoms with Gasteiger partial charge in [-0.05, 0) is 6.92 Å². The minimum Gasteiger partial charge on any atom is -0.269 e. The third-order valence-electron chi connectivity index (χ3n) is 0.377. The molecule has 0 aromatic heterocycles. The van der Waals surface area contributed by atoms with Gasteiger partial charge < -0.3 is 0 Å². The van der Waals surface area contributed by atoms with Gasteiger partial charge in [-0.15, -0.1) is 10.1 Å². The summed E-state index contributed by atoms with van der Waals surface area (Å²) >= 11 is 0. The average Bonchev–Trinajstić information content (AvgIpc) is 1.65. The van der Waals surface area contributed by atoms with Crippen LogP contribution in [0.25, 0.3) is 0 Å². The van der Waals surface area contributed by atoms with Gasteiger partial charge in [0, 0.05) is 0 Å². The maximum absolute atomic E-state index is 9.16. The van der Waals surface area contributed by atoms with Crippen molar-refractivity contribution in [3.05, 3.63) is 4.91 Å². The fraction of sp³-hybridized carbons (Fsp3) is 1.00. The molecule has 0 spiro atoms. The summed E-state index contributed by atoms with van der Waals surface area (Å²) in [7, 11) is 0. The van der Waals surface area contributed by atoms with Gasteiger partial charge in [-0.1, -0.05) is 0 Å². The molecule has 0 saturated carbocycles. The van der Waals surface area contributed by atoms with Crippen molar-refractivity contribution >= 4 is 0 Å². The van der Waals surface area contributed by atoms with E-state index in [1.54, 1.807) is 6.92 Å². The summed E-state index contributed by atoms with van der Waals surface area (Å²) in [6, 6.07) is 0. The number of nitroso groups, excluding NO2 is 1. The predicted octanol–water partition coefficient (Wildman–Crippen LogP) is 0.379. The van der Waals surface area contributed by atoms with E-state index >= 15 is 0 Å². The first-order valence-corrected chi connectivity index (χ1v) is 1.61. The topological polar surface area (TPSA) is 52.9 Å². The standard InChI is InChI=1S/C2H6N2O2/c1-2-4(6)3-5/h6H,2H2,1H3. The second kappa shape index (κ2) is 2.59. The molecule has 0 aliphatic rings. The summed E-state index contributed by atoms with van der Waals surface area (Å²) in [6.07, 6.45) is 0. The quantitative estimate of drug-likeness (QED) is 0.394. The summed E-state index contributed by atoms with van der Waals surface area (Å²) in [5, 5.41) is 10.5. The van der Waals surface area contributed by atoms with E-state index in [0.29, 0.717) is 5.17 Å². The smallest absolute Gasteiger partial charge is 0.0787 e. The molecule has 1 N–H and O–H groups in total. The van der Waals surface area contributed by atoms with Crippen molar-refractivity contribution in [1.82, 2.24) is 5.17 Å². The number of hydrogen-bond donors (Lipinski definition) is 1. The Bertz CT molecular complexity index is 46.8. The van der Waals surface area contributed by atoms with Gasteiger partial charge in [0.05, 0.1) is 11.8 Å². The van der Waals surface area contributed by atoms with Crippen LogP contribution in [0.2, 0.25) is 0 Å². The first kappa shape index (κ1) is 5.36. The third kappa shape index (κ3) is 1.66. The van der Waals surface area contributed by atoms with E-state index in [1.807, 2.05) is 0 Å². The fourth-order valence-electron chi connectivity index (χ4n) is 0.0577. The van der Waals surface area contributed by atoms with Crippen LogP contribution in [-0.4, -0.2) is 16.9 Å². The van der Waals surface area contributed by atoms with Gasteiger partial charge in [0.1, 0.15) is 0 Å². The summed E-state index contributed by atoms with van der Waals surface area (Å²) in [5.41, 5.74) is 0. The van der Waals surface area contributed by atoms with Crippen LogP contribution in [0, 0.1) is 4.91 Å². The molecule has 0 bridgehead atoms. The van der Waals surface area contributed by atoms with E-state index in [-0.39, 0.29) is 6.54 Å². The van der Waals surface area contributed by atoms with E-state index in [0.717, 1.165) is 0 Å². The van der Waals surface area contributed by atoms with Crippen molar-refractivity contribution in [3.8, 4) is 0 Å². The predicted molar refractivity (Wildman–Crippen MR) is 20.0 cm³/mol. The van der Waals surface area contributed by atoms with Gasteiger partial charge in [-0.2, -0.15) is 0 Å². The van der Waals surface area contributed by atoms with E-state index in [9.17, 15) is 0 Å². The molecule has 4 nitrogen and oxygen atoms in total. The Morgan fingerprint density at radius 1 is 2.00 bits per heavy atom. The zero-order chi connectivity index (χ0) is 4.99. The molecular formula is C2H6N2O2. The molecule has 0 amide bonds. The van der Waals surface area contributed by atoms with Crippen molar-refractivity contribution in [2.75, 3.05) is 6.54 Å². The molecular weight excluding hydrogens is 84.0 g/mol. The Morgan fingerprint density at radius 2 is 2.50 bits per heavy atom. The molecule has 4 heteroatoms. The minimum atomic E-state index is 0.240. The van der Waals surface area contributed by atoms with Crippen LogP contribution in [0.4, 0.5) is 0 Å². The molecule has 0 saturated heterocycles. The fourth-order valence-corrected chi connectivity index (χ4v) is 0.0577. The molecule has 0 unspecified atom stereocenters. The van der Waals surface area contributed by atoms with Gasteiger partial charge in [-0.25, -0.2) is 0 Å². The van der Waals surface area contributed by atoms with Gasteiger partial charge in [0.15, 0.2) is 0 Å². The van der Waals surface area contributed by atoms with Crippen LogP contribution in [0.1, 0.15) is 6.92 Å². The van der Waals surface area contributed by atoms with Crippen LogP contribution < -0.4 is 0 Å². The Labute approximate surface area is 35.3 Å². The number of nitrogens with zero attached hydrogens (tertiary/aromatic N) is 2. The largest absolute Gasteiger partial charge is 0.269 e. The summed E-state index contributed by atoms with van der Waals surface area (Å²) in [6.45, 7) is 1.85. The third-order valence-corrected chi connectivity index (χ3v) is 0.377. The van der Waals surface area contributed by atoms with Crippen molar-refractivity contribution in [1.29, 1.82) is 0 Å². The highest BCUT2D eigenvalue weighted by Gasteiger charge is 1.83. The van der Waals surface area contributed by atoms with Gasteiger partial charge in [0.25, 0.3) is 0 Å². The van der Waals surface area contributed by atoms with E-state index in [1.165, 1.54) is 0 Å². The number of hydrogen-bond acceptors (Lipinski definition) is 3. The monoisotopic (exact) mass is 90.0 g/mol. The molecule has 0 aliphatic heterocycles. The van der Waals surface area contributed by atoms with Crippen LogP contribution in [0.3, 0.4) is 0 Å². The Morgan fingerprint density at radius 3 is 2.50 bits per heavy atom. The molecule has 0 atom stereocenters. The molecule has 0 aromatic carbocycles. The summed E-state index contributed by atoms with van der Waals surface area (Å²) in [4.78, 5) is 9.16. The highest BCUT2D eigenvalue weighted by Crippen LogP contribution is 1.74. The van der Waals surface area contributed by atoms with Gasteiger partial charge >= 0.3 is 0 Å². The second-order valence-electron chi connectivity index (χ2n) is 0.770. The molecule has 6 heavy (non-hydrogen) atoms. The van der Waals surface area contributed by atoms with E-state index in [4.69, 9.17) is 10.1 Å². The molecule has 0 fully saturated rings. The van der Waals surface area contributed by atoms with Crippen LogP contribution in [0.5, 0.6) is 0 Å². The molecule has 0 radical (unpaired) electrons. The molecule has 0 aromatic rings. The normalized spacial score (nSPS) is 7.67. The summed E-state index contributed by atoms with van der Waals surface area (Å²) < 4.78 is 0. The molecule has 0 heterocycles. The Kier molecular flexibility index (Phi) is 2.31. The SMILES string of the molecule is CCN(O)N=O. The lowest BCUT2D eigenvalue weighted by Gasteiger charge is -1.96. The lowest BCUT2D eigenvalue weighted by atomic mass is 10.8. The average molecular weight is 90.1 g/mol. The molecule has 36 valence electrons. The Hall–Kier alpha value is -0.640. The van der Waals surface area contributed by atoms with Crippen LogP contribution >= 0.6 is 0 Å². The highest BCUT2D eigenvalue weighted by atomic mass is 16.6. The minimum absolute atomic E-state index is 0.240. The van der Waals surface area contributed by atoms with E-state index < -0.39 is 0 Å². The van der Waals surface area contributed by atoms with Crippen molar-refractivity contribution in [3.63, 3.8) is 0 Å². The van der Waals surface area contributed by atoms with Crippen molar-refractivity contribution < 1.29 is 5.21 Å². The van der Waals surface area contributed by atoms with Crippen molar-refractivity contribution in [2.24, 2.45) is 5.29 Å². The highest BCUT2D eigenvalue weighted by molar-refractivity contribution is 4.19. The van der Waals surface area contributed by atoms with Crippen LogP contribution in [0.15, 0.2) is 5.29 Å². The van der Waals surface area contributed by atoms with E-state index in [2.05, 4.69) is 5.29 Å². The molecule has 0 rings (SSSR count). The maximum atomic E-state index is 9.16. The summed E-state index contributed by atoms with van der Waals surface area (Å²) in [5.74, 6) is 0. The lowest BCUT2D eigenvalue weighted by Crippen LogP contribution is -2.08. The van der Waals surface area contributed by atoms with Gasteiger partial charge in [0.2, 0.25) is 0 Å². The van der Waals surface area contributed by atoms with Crippen LogP contribution in [-0.2, 0) is 0 Å². The number of hydroxylamine groups is 1. The molecule has 0 aliphatic carbocycles. The second-order valence-corrected chi connectivity index (χ2v) is 0.770.